The number of halogens is 2. The van der Waals surface area contributed by atoms with E-state index < -0.39 is 22.0 Å². The summed E-state index contributed by atoms with van der Waals surface area (Å²) in [6.45, 7) is 4.44. The van der Waals surface area contributed by atoms with E-state index in [-0.39, 0.29) is 39.0 Å². The van der Waals surface area contributed by atoms with Gasteiger partial charge >= 0.3 is 0 Å². The summed E-state index contributed by atoms with van der Waals surface area (Å²) in [7, 11) is -3.72. The molecule has 0 saturated carbocycles. The fourth-order valence-corrected chi connectivity index (χ4v) is 4.86. The summed E-state index contributed by atoms with van der Waals surface area (Å²) in [5.74, 6) is -0.604. The van der Waals surface area contributed by atoms with Crippen LogP contribution in [0.15, 0.2) is 47.6 Å². The Morgan fingerprint density at radius 2 is 1.83 bits per heavy atom. The number of hydrogen-bond donors (Lipinski definition) is 3. The lowest BCUT2D eigenvalue weighted by atomic mass is 10.0. The molecule has 0 radical (unpaired) electrons. The first-order chi connectivity index (χ1) is 17.1. The summed E-state index contributed by atoms with van der Waals surface area (Å²) in [5.41, 5.74) is 0.701. The first-order valence-electron chi connectivity index (χ1n) is 11.4. The van der Waals surface area contributed by atoms with E-state index in [1.165, 1.54) is 28.9 Å². The van der Waals surface area contributed by atoms with Gasteiger partial charge < -0.3 is 10.6 Å². The highest BCUT2D eigenvalue weighted by Crippen LogP contribution is 2.24. The fraction of sp³-hybridized carbons (Fsp3) is 0.391. The molecule has 3 N–H and O–H groups in total. The number of amides is 2. The second kappa shape index (κ2) is 12.5. The first-order valence-corrected chi connectivity index (χ1v) is 13.6. The van der Waals surface area contributed by atoms with Gasteiger partial charge in [-0.3, -0.25) is 9.59 Å². The highest BCUT2D eigenvalue weighted by atomic mass is 35.5. The van der Waals surface area contributed by atoms with Crippen molar-refractivity contribution in [2.45, 2.75) is 44.0 Å². The summed E-state index contributed by atoms with van der Waals surface area (Å²) in [6.07, 6.45) is 4.58. The minimum atomic E-state index is -3.72. The predicted molar refractivity (Wildman–Crippen MR) is 138 cm³/mol. The monoisotopic (exact) mass is 554 g/mol. The van der Waals surface area contributed by atoms with Crippen molar-refractivity contribution < 1.29 is 18.0 Å². The number of fused-ring (bicyclic) bond motifs is 1. The summed E-state index contributed by atoms with van der Waals surface area (Å²) >= 11 is 11.7. The molecule has 0 saturated heterocycles. The van der Waals surface area contributed by atoms with E-state index in [1.807, 2.05) is 13.8 Å². The molecule has 1 aromatic carbocycles. The first kappa shape index (κ1) is 27.9. The Bertz CT molecular complexity index is 1300. The van der Waals surface area contributed by atoms with Gasteiger partial charge in [0.2, 0.25) is 15.9 Å². The molecule has 0 aliphatic carbocycles. The Kier molecular flexibility index (Phi) is 9.66. The quantitative estimate of drug-likeness (QED) is 0.294. The van der Waals surface area contributed by atoms with Crippen LogP contribution in [0.2, 0.25) is 10.0 Å². The Morgan fingerprint density at radius 1 is 1.08 bits per heavy atom. The lowest BCUT2D eigenvalue weighted by Crippen LogP contribution is -2.47. The molecule has 0 aliphatic rings. The van der Waals surface area contributed by atoms with Crippen LogP contribution in [0.3, 0.4) is 0 Å². The van der Waals surface area contributed by atoms with Crippen molar-refractivity contribution in [3.05, 3.63) is 58.5 Å². The highest BCUT2D eigenvalue weighted by Gasteiger charge is 2.23. The number of imidazole rings is 1. The van der Waals surface area contributed by atoms with Gasteiger partial charge in [0.05, 0.1) is 21.1 Å². The third-order valence-electron chi connectivity index (χ3n) is 5.19. The molecule has 0 bridgehead atoms. The smallest absolute Gasteiger partial charge is 0.272 e. The number of hydrogen-bond acceptors (Lipinski definition) is 6. The highest BCUT2D eigenvalue weighted by molar-refractivity contribution is 7.89. The summed E-state index contributed by atoms with van der Waals surface area (Å²) < 4.78 is 28.7. The molecule has 3 aromatic rings. The van der Waals surface area contributed by atoms with Crippen molar-refractivity contribution in [1.29, 1.82) is 0 Å². The van der Waals surface area contributed by atoms with Crippen molar-refractivity contribution in [2.75, 3.05) is 13.1 Å². The molecule has 0 fully saturated rings. The van der Waals surface area contributed by atoms with Gasteiger partial charge in [0, 0.05) is 19.3 Å². The van der Waals surface area contributed by atoms with Crippen molar-refractivity contribution in [3.8, 4) is 0 Å². The Morgan fingerprint density at radius 3 is 2.53 bits per heavy atom. The van der Waals surface area contributed by atoms with Gasteiger partial charge in [-0.1, -0.05) is 37.0 Å². The molecule has 36 heavy (non-hydrogen) atoms. The average Bonchev–Trinajstić information content (AvgIpc) is 3.26. The average molecular weight is 555 g/mol. The second-order valence-corrected chi connectivity index (χ2v) is 11.2. The molecule has 3 rings (SSSR count). The van der Waals surface area contributed by atoms with E-state index >= 15 is 0 Å². The molecule has 0 aliphatic heterocycles. The van der Waals surface area contributed by atoms with Crippen LogP contribution in [0.25, 0.3) is 5.65 Å². The molecular formula is C23H28Cl2N6O4S. The number of aromatic nitrogens is 3. The van der Waals surface area contributed by atoms with Gasteiger partial charge in [0.1, 0.15) is 11.7 Å². The Balaban J connectivity index is 1.46. The molecule has 1 atom stereocenters. The number of carbonyl (C=O) groups excluding carboxylic acids is 2. The minimum Gasteiger partial charge on any atom is -0.354 e. The zero-order chi connectivity index (χ0) is 26.3. The number of sulfonamides is 1. The van der Waals surface area contributed by atoms with Crippen LogP contribution in [0, 0.1) is 5.92 Å². The van der Waals surface area contributed by atoms with Crippen molar-refractivity contribution in [3.63, 3.8) is 0 Å². The summed E-state index contributed by atoms with van der Waals surface area (Å²) in [4.78, 5) is 29.7. The maximum absolute atomic E-state index is 12.8. The van der Waals surface area contributed by atoms with Gasteiger partial charge in [-0.05, 0) is 55.5 Å². The number of nitrogens with one attached hydrogen (secondary N) is 3. The van der Waals surface area contributed by atoms with Crippen LogP contribution in [0.5, 0.6) is 0 Å². The summed E-state index contributed by atoms with van der Waals surface area (Å²) in [6, 6.07) is 6.81. The Labute approximate surface area is 219 Å². The Hall–Kier alpha value is -2.73. The maximum atomic E-state index is 12.8. The SMILES string of the molecule is CC(C)C[C@H](NC(=O)c1cn2ncccc2n1)C(=O)NCCCCNS(=O)(=O)c1ccc(Cl)c(Cl)c1. The normalized spacial score (nSPS) is 12.6. The molecule has 194 valence electrons. The standard InChI is InChI=1S/C23H28Cl2N6O4S/c1-15(2)12-19(30-23(33)20-14-31-21(29-20)6-5-10-27-31)22(32)26-9-3-4-11-28-36(34,35)16-7-8-17(24)18(25)13-16/h5-8,10,13-15,19,28H,3-4,9,11-12H2,1-2H3,(H,26,32)(H,30,33)/t19-/m0/s1. The van der Waals surface area contributed by atoms with Crippen LogP contribution < -0.4 is 15.4 Å². The van der Waals surface area contributed by atoms with Gasteiger partial charge in [-0.15, -0.1) is 0 Å². The van der Waals surface area contributed by atoms with Crippen LogP contribution >= 0.6 is 23.2 Å². The van der Waals surface area contributed by atoms with Crippen molar-refractivity contribution in [1.82, 2.24) is 30.0 Å². The van der Waals surface area contributed by atoms with E-state index in [4.69, 9.17) is 23.2 Å². The number of unbranched alkanes of at least 4 members (excludes halogenated alkanes) is 1. The molecular weight excluding hydrogens is 527 g/mol. The predicted octanol–water partition coefficient (Wildman–Crippen LogP) is 3.06. The van der Waals surface area contributed by atoms with Crippen molar-refractivity contribution in [2.24, 2.45) is 5.92 Å². The van der Waals surface area contributed by atoms with Crippen LogP contribution in [0.4, 0.5) is 0 Å². The lowest BCUT2D eigenvalue weighted by molar-refractivity contribution is -0.123. The molecule has 0 unspecified atom stereocenters. The van der Waals surface area contributed by atoms with Gasteiger partial charge in [-0.2, -0.15) is 5.10 Å². The van der Waals surface area contributed by atoms with Gasteiger partial charge in [-0.25, -0.2) is 22.6 Å². The third-order valence-corrected chi connectivity index (χ3v) is 7.39. The fourth-order valence-electron chi connectivity index (χ4n) is 3.39. The van der Waals surface area contributed by atoms with E-state index in [2.05, 4.69) is 25.4 Å². The molecule has 2 aromatic heterocycles. The van der Waals surface area contributed by atoms with Crippen molar-refractivity contribution >= 4 is 50.7 Å². The van der Waals surface area contributed by atoms with Crippen LogP contribution in [-0.4, -0.2) is 54.0 Å². The number of nitrogens with zero attached hydrogens (tertiary/aromatic N) is 3. The molecule has 13 heteroatoms. The number of rotatable bonds is 12. The van der Waals surface area contributed by atoms with Gasteiger partial charge in [0.15, 0.2) is 5.65 Å². The summed E-state index contributed by atoms with van der Waals surface area (Å²) in [5, 5.41) is 10.1. The maximum Gasteiger partial charge on any atom is 0.272 e. The zero-order valence-corrected chi connectivity index (χ0v) is 22.2. The number of carbonyl (C=O) groups is 2. The van der Waals surface area contributed by atoms with Gasteiger partial charge in [0.25, 0.3) is 5.91 Å². The third kappa shape index (κ3) is 7.63. The van der Waals surface area contributed by atoms with E-state index in [9.17, 15) is 18.0 Å². The van der Waals surface area contributed by atoms with E-state index in [0.29, 0.717) is 31.5 Å². The number of benzene rings is 1. The van der Waals surface area contributed by atoms with Crippen LogP contribution in [0.1, 0.15) is 43.6 Å². The molecule has 2 amide bonds. The second-order valence-electron chi connectivity index (χ2n) is 8.58. The minimum absolute atomic E-state index is 0.0267. The zero-order valence-electron chi connectivity index (χ0n) is 19.9. The van der Waals surface area contributed by atoms with E-state index in [1.54, 1.807) is 18.3 Å². The molecule has 10 nitrogen and oxygen atoms in total. The molecule has 2 heterocycles. The van der Waals surface area contributed by atoms with Crippen LogP contribution in [-0.2, 0) is 14.8 Å². The van der Waals surface area contributed by atoms with E-state index in [0.717, 1.165) is 0 Å². The molecule has 0 spiro atoms. The lowest BCUT2D eigenvalue weighted by Gasteiger charge is -2.19. The largest absolute Gasteiger partial charge is 0.354 e. The topological polar surface area (TPSA) is 135 Å².